The highest BCUT2D eigenvalue weighted by Crippen LogP contribution is 2.18. The normalized spacial score (nSPS) is 18.2. The molecule has 1 saturated heterocycles. The van der Waals surface area contributed by atoms with E-state index >= 15 is 0 Å². The van der Waals surface area contributed by atoms with Crippen LogP contribution in [0.25, 0.3) is 0 Å². The molecule has 1 unspecified atom stereocenters. The summed E-state index contributed by atoms with van der Waals surface area (Å²) in [5.41, 5.74) is 1.98. The lowest BCUT2D eigenvalue weighted by atomic mass is 10.0. The molecule has 156 valence electrons. The Morgan fingerprint density at radius 1 is 1.21 bits per heavy atom. The minimum absolute atomic E-state index is 0.0201. The van der Waals surface area contributed by atoms with Gasteiger partial charge in [-0.15, -0.1) is 0 Å². The van der Waals surface area contributed by atoms with E-state index in [9.17, 15) is 4.79 Å². The van der Waals surface area contributed by atoms with Crippen molar-refractivity contribution in [3.05, 3.63) is 29.8 Å². The molecule has 0 aromatic heterocycles. The summed E-state index contributed by atoms with van der Waals surface area (Å²) in [6.07, 6.45) is 5.25. The van der Waals surface area contributed by atoms with E-state index in [1.807, 2.05) is 38.1 Å². The van der Waals surface area contributed by atoms with Crippen LogP contribution in [0, 0.1) is 5.92 Å². The van der Waals surface area contributed by atoms with Crippen LogP contribution in [0.4, 0.5) is 5.69 Å². The lowest BCUT2D eigenvalue weighted by molar-refractivity contribution is -0.118. The Labute approximate surface area is 170 Å². The van der Waals surface area contributed by atoms with Gasteiger partial charge in [-0.2, -0.15) is 0 Å². The lowest BCUT2D eigenvalue weighted by Crippen LogP contribution is -2.45. The van der Waals surface area contributed by atoms with Crippen molar-refractivity contribution < 1.29 is 4.79 Å². The molecule has 1 fully saturated rings. The molecule has 1 aliphatic rings. The zero-order valence-electron chi connectivity index (χ0n) is 17.9. The molecular weight excluding hydrogens is 350 g/mol. The Kier molecular flexibility index (Phi) is 9.28. The Balaban J connectivity index is 1.73. The number of amides is 1. The fourth-order valence-electron chi connectivity index (χ4n) is 3.53. The summed E-state index contributed by atoms with van der Waals surface area (Å²) in [6, 6.07) is 8.66. The molecule has 1 amide bonds. The molecule has 1 heterocycles. The van der Waals surface area contributed by atoms with Crippen LogP contribution in [-0.4, -0.2) is 49.5 Å². The SMILES string of the molecule is CCC1CCCCN1CCNC(=NC)NCc1ccc(NC(=O)C(C)C)cc1. The highest BCUT2D eigenvalue weighted by atomic mass is 16.1. The first-order valence-corrected chi connectivity index (χ1v) is 10.6. The van der Waals surface area contributed by atoms with Gasteiger partial charge in [-0.3, -0.25) is 14.7 Å². The molecule has 3 N–H and O–H groups in total. The topological polar surface area (TPSA) is 68.8 Å². The predicted molar refractivity (Wildman–Crippen MR) is 118 cm³/mol. The van der Waals surface area contributed by atoms with Gasteiger partial charge in [-0.25, -0.2) is 0 Å². The van der Waals surface area contributed by atoms with Crippen molar-refractivity contribution in [3.8, 4) is 0 Å². The second kappa shape index (κ2) is 11.7. The number of anilines is 1. The highest BCUT2D eigenvalue weighted by molar-refractivity contribution is 5.92. The third-order valence-corrected chi connectivity index (χ3v) is 5.34. The first-order chi connectivity index (χ1) is 13.5. The van der Waals surface area contributed by atoms with E-state index in [2.05, 4.69) is 32.8 Å². The van der Waals surface area contributed by atoms with E-state index in [1.165, 1.54) is 32.2 Å². The largest absolute Gasteiger partial charge is 0.355 e. The van der Waals surface area contributed by atoms with Crippen LogP contribution in [0.15, 0.2) is 29.3 Å². The van der Waals surface area contributed by atoms with Crippen LogP contribution in [0.1, 0.15) is 52.0 Å². The summed E-state index contributed by atoms with van der Waals surface area (Å²) in [4.78, 5) is 18.7. The maximum absolute atomic E-state index is 11.8. The van der Waals surface area contributed by atoms with Gasteiger partial charge in [-0.1, -0.05) is 39.3 Å². The van der Waals surface area contributed by atoms with Crippen LogP contribution in [-0.2, 0) is 11.3 Å². The number of carbonyl (C=O) groups is 1. The number of hydrogen-bond donors (Lipinski definition) is 3. The zero-order chi connectivity index (χ0) is 20.4. The van der Waals surface area contributed by atoms with Crippen molar-refractivity contribution in [3.63, 3.8) is 0 Å². The summed E-state index contributed by atoms with van der Waals surface area (Å²) >= 11 is 0. The minimum Gasteiger partial charge on any atom is -0.355 e. The van der Waals surface area contributed by atoms with E-state index in [0.29, 0.717) is 6.54 Å². The fourth-order valence-corrected chi connectivity index (χ4v) is 3.53. The molecule has 0 saturated carbocycles. The maximum atomic E-state index is 11.8. The van der Waals surface area contributed by atoms with Gasteiger partial charge in [0, 0.05) is 44.3 Å². The summed E-state index contributed by atoms with van der Waals surface area (Å²) in [7, 11) is 1.80. The molecule has 2 rings (SSSR count). The number of hydrogen-bond acceptors (Lipinski definition) is 3. The molecule has 6 nitrogen and oxygen atoms in total. The molecule has 0 bridgehead atoms. The Morgan fingerprint density at radius 2 is 1.96 bits per heavy atom. The number of benzene rings is 1. The number of rotatable bonds is 8. The van der Waals surface area contributed by atoms with Crippen molar-refractivity contribution >= 4 is 17.6 Å². The van der Waals surface area contributed by atoms with E-state index in [4.69, 9.17) is 0 Å². The average molecular weight is 388 g/mol. The van der Waals surface area contributed by atoms with Crippen LogP contribution in [0.3, 0.4) is 0 Å². The third kappa shape index (κ3) is 7.15. The Morgan fingerprint density at radius 3 is 2.61 bits per heavy atom. The van der Waals surface area contributed by atoms with Gasteiger partial charge in [0.25, 0.3) is 0 Å². The van der Waals surface area contributed by atoms with Crippen LogP contribution >= 0.6 is 0 Å². The quantitative estimate of drug-likeness (QED) is 0.473. The monoisotopic (exact) mass is 387 g/mol. The van der Waals surface area contributed by atoms with Crippen molar-refractivity contribution in [2.45, 2.75) is 59.0 Å². The van der Waals surface area contributed by atoms with E-state index in [-0.39, 0.29) is 11.8 Å². The molecule has 1 aliphatic heterocycles. The van der Waals surface area contributed by atoms with Crippen LogP contribution in [0.5, 0.6) is 0 Å². The molecule has 0 spiro atoms. The molecule has 0 radical (unpaired) electrons. The molecular formula is C22H37N5O. The van der Waals surface area contributed by atoms with Crippen molar-refractivity contribution in [2.24, 2.45) is 10.9 Å². The maximum Gasteiger partial charge on any atom is 0.226 e. The molecule has 1 aromatic rings. The van der Waals surface area contributed by atoms with Crippen LogP contribution < -0.4 is 16.0 Å². The summed E-state index contributed by atoms with van der Waals surface area (Å²) < 4.78 is 0. The Hall–Kier alpha value is -2.08. The highest BCUT2D eigenvalue weighted by Gasteiger charge is 2.19. The number of aliphatic imine (C=N–C) groups is 1. The Bertz CT molecular complexity index is 626. The van der Waals surface area contributed by atoms with Gasteiger partial charge in [0.2, 0.25) is 5.91 Å². The number of guanidine groups is 1. The predicted octanol–water partition coefficient (Wildman–Crippen LogP) is 3.21. The average Bonchev–Trinajstić information content (AvgIpc) is 2.71. The number of nitrogens with one attached hydrogen (secondary N) is 3. The molecule has 0 aliphatic carbocycles. The summed E-state index contributed by atoms with van der Waals surface area (Å²) in [5.74, 6) is 0.838. The second-order valence-electron chi connectivity index (χ2n) is 7.79. The van der Waals surface area contributed by atoms with Crippen molar-refractivity contribution in [1.29, 1.82) is 0 Å². The fraction of sp³-hybridized carbons (Fsp3) is 0.636. The van der Waals surface area contributed by atoms with Gasteiger partial charge in [0.1, 0.15) is 0 Å². The van der Waals surface area contributed by atoms with Gasteiger partial charge < -0.3 is 16.0 Å². The number of likely N-dealkylation sites (tertiary alicyclic amines) is 1. The van der Waals surface area contributed by atoms with Gasteiger partial charge in [0.15, 0.2) is 5.96 Å². The standard InChI is InChI=1S/C22H37N5O/c1-5-20-8-6-7-14-27(20)15-13-24-22(23-4)25-16-18-9-11-19(12-10-18)26-21(28)17(2)3/h9-12,17,20H,5-8,13-16H2,1-4H3,(H,26,28)(H2,23,24,25). The van der Waals surface area contributed by atoms with Crippen molar-refractivity contribution in [2.75, 3.05) is 32.0 Å². The van der Waals surface area contributed by atoms with E-state index in [1.54, 1.807) is 7.05 Å². The van der Waals surface area contributed by atoms with Gasteiger partial charge in [0.05, 0.1) is 0 Å². The molecule has 6 heteroatoms. The van der Waals surface area contributed by atoms with E-state index < -0.39 is 0 Å². The van der Waals surface area contributed by atoms with Crippen LogP contribution in [0.2, 0.25) is 0 Å². The smallest absolute Gasteiger partial charge is 0.226 e. The first-order valence-electron chi connectivity index (χ1n) is 10.6. The van der Waals surface area contributed by atoms with E-state index in [0.717, 1.165) is 36.3 Å². The minimum atomic E-state index is -0.0201. The second-order valence-corrected chi connectivity index (χ2v) is 7.79. The zero-order valence-corrected chi connectivity index (χ0v) is 17.9. The van der Waals surface area contributed by atoms with Crippen molar-refractivity contribution in [1.82, 2.24) is 15.5 Å². The summed E-state index contributed by atoms with van der Waals surface area (Å²) in [6.45, 7) is 9.93. The first kappa shape index (κ1) is 22.2. The summed E-state index contributed by atoms with van der Waals surface area (Å²) in [5, 5.41) is 9.69. The molecule has 1 atom stereocenters. The van der Waals surface area contributed by atoms with Gasteiger partial charge in [-0.05, 0) is 43.5 Å². The molecule has 1 aromatic carbocycles. The number of carbonyl (C=O) groups excluding carboxylic acids is 1. The lowest BCUT2D eigenvalue weighted by Gasteiger charge is -2.35. The van der Waals surface area contributed by atoms with Gasteiger partial charge >= 0.3 is 0 Å². The third-order valence-electron chi connectivity index (χ3n) is 5.34. The molecule has 28 heavy (non-hydrogen) atoms. The number of piperidine rings is 1. The number of nitrogens with zero attached hydrogens (tertiary/aromatic N) is 2.